The number of benzene rings is 1. The lowest BCUT2D eigenvalue weighted by molar-refractivity contribution is -0.0174. The van der Waals surface area contributed by atoms with E-state index in [4.69, 9.17) is 14.2 Å². The fourth-order valence-electron chi connectivity index (χ4n) is 4.70. The van der Waals surface area contributed by atoms with Crippen molar-refractivity contribution in [1.82, 2.24) is 10.2 Å². The summed E-state index contributed by atoms with van der Waals surface area (Å²) in [5, 5.41) is 6.61. The average molecular weight is 485 g/mol. The van der Waals surface area contributed by atoms with Gasteiger partial charge < -0.3 is 14.2 Å². The molecule has 0 spiro atoms. The van der Waals surface area contributed by atoms with Crippen LogP contribution in [0.4, 0.5) is 0 Å². The van der Waals surface area contributed by atoms with Crippen molar-refractivity contribution in [2.24, 2.45) is 17.8 Å². The van der Waals surface area contributed by atoms with Crippen LogP contribution in [-0.4, -0.2) is 47.4 Å². The van der Waals surface area contributed by atoms with E-state index in [9.17, 15) is 14.4 Å². The van der Waals surface area contributed by atoms with Gasteiger partial charge in [-0.25, -0.2) is 14.4 Å². The lowest BCUT2D eigenvalue weighted by atomic mass is 9.75. The molecule has 1 saturated carbocycles. The molecule has 1 N–H and O–H groups in total. The second-order valence-electron chi connectivity index (χ2n) is 9.51. The summed E-state index contributed by atoms with van der Waals surface area (Å²) in [6.45, 7) is 10.4. The van der Waals surface area contributed by atoms with Crippen molar-refractivity contribution in [3.8, 4) is 0 Å². The van der Waals surface area contributed by atoms with Crippen molar-refractivity contribution in [3.05, 3.63) is 52.3 Å². The van der Waals surface area contributed by atoms with Crippen molar-refractivity contribution < 1.29 is 28.6 Å². The molecule has 0 unspecified atom stereocenters. The van der Waals surface area contributed by atoms with Gasteiger partial charge in [0, 0.05) is 12.0 Å². The molecule has 8 nitrogen and oxygen atoms in total. The summed E-state index contributed by atoms with van der Waals surface area (Å²) in [6, 6.07) is 7.00. The molecule has 1 aromatic carbocycles. The lowest BCUT2D eigenvalue weighted by Gasteiger charge is -2.36. The SMILES string of the molecule is CCOC(=O)c1n[nH]c(C(=O)OCC)c1Cc1ccc(C(=O)O[C@@H]2C[C@H](C)CC[C@H]2C(C)C)cc1. The minimum Gasteiger partial charge on any atom is -0.461 e. The van der Waals surface area contributed by atoms with E-state index in [1.807, 2.05) is 0 Å². The zero-order chi connectivity index (χ0) is 25.5. The second-order valence-corrected chi connectivity index (χ2v) is 9.51. The molecule has 0 saturated heterocycles. The van der Waals surface area contributed by atoms with Crippen molar-refractivity contribution in [1.29, 1.82) is 0 Å². The van der Waals surface area contributed by atoms with E-state index >= 15 is 0 Å². The van der Waals surface area contributed by atoms with Gasteiger partial charge in [0.2, 0.25) is 0 Å². The Morgan fingerprint density at radius 1 is 1.00 bits per heavy atom. The number of esters is 3. The first-order chi connectivity index (χ1) is 16.7. The Labute approximate surface area is 206 Å². The Hall–Kier alpha value is -3.16. The molecular formula is C27H36N2O6. The van der Waals surface area contributed by atoms with E-state index < -0.39 is 11.9 Å². The van der Waals surface area contributed by atoms with Gasteiger partial charge in [-0.3, -0.25) is 5.10 Å². The van der Waals surface area contributed by atoms with Crippen LogP contribution in [0.2, 0.25) is 0 Å². The van der Waals surface area contributed by atoms with Gasteiger partial charge in [0.1, 0.15) is 11.8 Å². The number of H-pyrrole nitrogens is 1. The summed E-state index contributed by atoms with van der Waals surface area (Å²) in [6.07, 6.45) is 3.30. The second kappa shape index (κ2) is 12.0. The summed E-state index contributed by atoms with van der Waals surface area (Å²) < 4.78 is 16.1. The Bertz CT molecular complexity index is 991. The third kappa shape index (κ3) is 6.50. The standard InChI is InChI=1S/C27H36N2O6/c1-6-33-26(31)23-21(24(29-28-23)27(32)34-7-2)15-18-9-11-19(12-10-18)25(30)35-22-14-17(5)8-13-20(22)16(3)4/h9-12,16-17,20,22H,6-8,13-15H2,1-5H3,(H,28,29)/t17-,20+,22-/m1/s1. The van der Waals surface area contributed by atoms with E-state index in [0.29, 0.717) is 28.9 Å². The molecule has 1 heterocycles. The van der Waals surface area contributed by atoms with E-state index in [2.05, 4.69) is 31.0 Å². The number of hydrogen-bond acceptors (Lipinski definition) is 7. The number of nitrogens with one attached hydrogen (secondary N) is 1. The number of nitrogens with zero attached hydrogens (tertiary/aromatic N) is 1. The number of hydrogen-bond donors (Lipinski definition) is 1. The highest BCUT2D eigenvalue weighted by Gasteiger charge is 2.33. The van der Waals surface area contributed by atoms with E-state index in [1.165, 1.54) is 6.42 Å². The lowest BCUT2D eigenvalue weighted by Crippen LogP contribution is -2.35. The number of rotatable bonds is 9. The van der Waals surface area contributed by atoms with Gasteiger partial charge in [-0.15, -0.1) is 0 Å². The maximum atomic E-state index is 12.9. The van der Waals surface area contributed by atoms with E-state index in [1.54, 1.807) is 38.1 Å². The highest BCUT2D eigenvalue weighted by atomic mass is 16.5. The first-order valence-corrected chi connectivity index (χ1v) is 12.5. The van der Waals surface area contributed by atoms with E-state index in [-0.39, 0.29) is 43.1 Å². The van der Waals surface area contributed by atoms with Gasteiger partial charge in [-0.2, -0.15) is 5.10 Å². The molecule has 8 heteroatoms. The molecule has 1 aliphatic carbocycles. The van der Waals surface area contributed by atoms with Crippen LogP contribution in [0.15, 0.2) is 24.3 Å². The Morgan fingerprint density at radius 3 is 2.29 bits per heavy atom. The number of aromatic nitrogens is 2. The van der Waals surface area contributed by atoms with Crippen LogP contribution in [0, 0.1) is 17.8 Å². The predicted octanol–water partition coefficient (Wildman–Crippen LogP) is 4.97. The number of ether oxygens (including phenoxy) is 3. The van der Waals surface area contributed by atoms with Crippen LogP contribution >= 0.6 is 0 Å². The molecule has 1 fully saturated rings. The van der Waals surface area contributed by atoms with Gasteiger partial charge in [-0.05, 0) is 62.1 Å². The fraction of sp³-hybridized carbons (Fsp3) is 0.556. The van der Waals surface area contributed by atoms with Gasteiger partial charge in [0.05, 0.1) is 18.8 Å². The van der Waals surface area contributed by atoms with Gasteiger partial charge in [0.25, 0.3) is 0 Å². The molecule has 0 amide bonds. The minimum atomic E-state index is -0.615. The molecule has 190 valence electrons. The largest absolute Gasteiger partial charge is 0.461 e. The summed E-state index contributed by atoms with van der Waals surface area (Å²) in [5.41, 5.74) is 1.82. The zero-order valence-corrected chi connectivity index (χ0v) is 21.3. The molecule has 1 aromatic heterocycles. The molecule has 0 aliphatic heterocycles. The minimum absolute atomic E-state index is 0.0459. The Kier molecular flexibility index (Phi) is 9.07. The maximum absolute atomic E-state index is 12.9. The number of carbonyl (C=O) groups is 3. The number of aromatic amines is 1. The van der Waals surface area contributed by atoms with Crippen LogP contribution in [0.3, 0.4) is 0 Å². The maximum Gasteiger partial charge on any atom is 0.359 e. The molecule has 3 rings (SSSR count). The molecule has 3 atom stereocenters. The topological polar surface area (TPSA) is 108 Å². The molecular weight excluding hydrogens is 448 g/mol. The first-order valence-electron chi connectivity index (χ1n) is 12.5. The average Bonchev–Trinajstić information content (AvgIpc) is 3.23. The van der Waals surface area contributed by atoms with Crippen LogP contribution in [0.5, 0.6) is 0 Å². The molecule has 0 radical (unpaired) electrons. The molecule has 0 bridgehead atoms. The third-order valence-corrected chi connectivity index (χ3v) is 6.61. The fourth-order valence-corrected chi connectivity index (χ4v) is 4.70. The van der Waals surface area contributed by atoms with Gasteiger partial charge in [0.15, 0.2) is 5.69 Å². The van der Waals surface area contributed by atoms with Gasteiger partial charge >= 0.3 is 17.9 Å². The normalized spacial score (nSPS) is 19.9. The predicted molar refractivity (Wildman–Crippen MR) is 130 cm³/mol. The van der Waals surface area contributed by atoms with Crippen LogP contribution in [0.25, 0.3) is 0 Å². The summed E-state index contributed by atoms with van der Waals surface area (Å²) in [7, 11) is 0. The summed E-state index contributed by atoms with van der Waals surface area (Å²) in [5.74, 6) is -0.160. The number of carbonyl (C=O) groups excluding carboxylic acids is 3. The van der Waals surface area contributed by atoms with Crippen LogP contribution < -0.4 is 0 Å². The van der Waals surface area contributed by atoms with Gasteiger partial charge in [-0.1, -0.05) is 39.3 Å². The zero-order valence-electron chi connectivity index (χ0n) is 21.3. The molecule has 1 aliphatic rings. The molecule has 2 aromatic rings. The first kappa shape index (κ1) is 26.4. The highest BCUT2D eigenvalue weighted by Crippen LogP contribution is 2.35. The Morgan fingerprint density at radius 2 is 1.66 bits per heavy atom. The third-order valence-electron chi connectivity index (χ3n) is 6.61. The van der Waals surface area contributed by atoms with Crippen LogP contribution in [-0.2, 0) is 20.6 Å². The van der Waals surface area contributed by atoms with E-state index in [0.717, 1.165) is 18.4 Å². The highest BCUT2D eigenvalue weighted by molar-refractivity contribution is 5.96. The smallest absolute Gasteiger partial charge is 0.359 e. The summed E-state index contributed by atoms with van der Waals surface area (Å²) >= 11 is 0. The van der Waals surface area contributed by atoms with Crippen molar-refractivity contribution >= 4 is 17.9 Å². The molecule has 35 heavy (non-hydrogen) atoms. The van der Waals surface area contributed by atoms with Crippen molar-refractivity contribution in [3.63, 3.8) is 0 Å². The quantitative estimate of drug-likeness (QED) is 0.395. The monoisotopic (exact) mass is 484 g/mol. The van der Waals surface area contributed by atoms with Crippen LogP contribution in [0.1, 0.15) is 96.3 Å². The van der Waals surface area contributed by atoms with Crippen molar-refractivity contribution in [2.45, 2.75) is 66.4 Å². The summed E-state index contributed by atoms with van der Waals surface area (Å²) in [4.78, 5) is 37.6. The van der Waals surface area contributed by atoms with Crippen molar-refractivity contribution in [2.75, 3.05) is 13.2 Å². The Balaban J connectivity index is 1.76.